The maximum absolute atomic E-state index is 13.9. The fourth-order valence-electron chi connectivity index (χ4n) is 3.97. The predicted molar refractivity (Wildman–Crippen MR) is 152 cm³/mol. The molecule has 0 aromatic heterocycles. The molecule has 0 heterocycles. The van der Waals surface area contributed by atoms with Crippen molar-refractivity contribution < 1.29 is 18.0 Å². The lowest BCUT2D eigenvalue weighted by atomic mass is 10.1. The summed E-state index contributed by atoms with van der Waals surface area (Å²) in [5.74, 6) is -0.959. The smallest absolute Gasteiger partial charge is 0.264 e. The molecule has 0 aliphatic carbocycles. The summed E-state index contributed by atoms with van der Waals surface area (Å²) in [5.41, 5.74) is 1.69. The Balaban J connectivity index is 2.08. The third-order valence-corrected chi connectivity index (χ3v) is 8.59. The maximum atomic E-state index is 13.9. The number of benzene rings is 3. The van der Waals surface area contributed by atoms with Crippen molar-refractivity contribution in [3.05, 3.63) is 92.9 Å². The fraction of sp³-hybridized carbons (Fsp3) is 0.259. The number of aryl methyl sites for hydroxylation is 1. The zero-order chi connectivity index (χ0) is 28.0. The first-order valence-electron chi connectivity index (χ1n) is 11.8. The Morgan fingerprint density at radius 1 is 0.947 bits per heavy atom. The molecule has 11 heteroatoms. The van der Waals surface area contributed by atoms with Crippen LogP contribution in [0.15, 0.2) is 71.6 Å². The van der Waals surface area contributed by atoms with Gasteiger partial charge in [-0.1, -0.05) is 59.9 Å². The SMILES string of the molecule is CC[C@@H](C(=O)NC)N(Cc1ccc(Cl)cc1Cl)C(=O)CN(c1cccc(C)c1)S(=O)(=O)c1ccc(Cl)cc1. The number of nitrogens with one attached hydrogen (secondary N) is 1. The summed E-state index contributed by atoms with van der Waals surface area (Å²) >= 11 is 18.4. The summed E-state index contributed by atoms with van der Waals surface area (Å²) < 4.78 is 28.6. The van der Waals surface area contributed by atoms with Crippen molar-refractivity contribution in [1.29, 1.82) is 0 Å². The molecule has 7 nitrogen and oxygen atoms in total. The largest absolute Gasteiger partial charge is 0.357 e. The van der Waals surface area contributed by atoms with E-state index in [4.69, 9.17) is 34.8 Å². The van der Waals surface area contributed by atoms with Gasteiger partial charge >= 0.3 is 0 Å². The van der Waals surface area contributed by atoms with Crippen LogP contribution in [-0.4, -0.2) is 44.8 Å². The first kappa shape index (κ1) is 29.8. The molecule has 0 aliphatic heterocycles. The van der Waals surface area contributed by atoms with Crippen molar-refractivity contribution in [3.8, 4) is 0 Å². The van der Waals surface area contributed by atoms with Gasteiger partial charge < -0.3 is 10.2 Å². The van der Waals surface area contributed by atoms with Gasteiger partial charge in [-0.25, -0.2) is 8.42 Å². The molecule has 202 valence electrons. The zero-order valence-corrected chi connectivity index (χ0v) is 24.2. The van der Waals surface area contributed by atoms with E-state index < -0.39 is 28.5 Å². The third kappa shape index (κ3) is 6.99. The predicted octanol–water partition coefficient (Wildman–Crippen LogP) is 5.70. The number of likely N-dealkylation sites (N-methyl/N-ethyl adjacent to an activating group) is 1. The molecule has 0 aliphatic rings. The van der Waals surface area contributed by atoms with Crippen LogP contribution in [0.2, 0.25) is 15.1 Å². The first-order chi connectivity index (χ1) is 18.0. The van der Waals surface area contributed by atoms with Crippen molar-refractivity contribution in [2.75, 3.05) is 17.9 Å². The Kier molecular flexibility index (Phi) is 10.1. The second kappa shape index (κ2) is 12.8. The Bertz CT molecular complexity index is 1420. The van der Waals surface area contributed by atoms with Gasteiger partial charge in [0.2, 0.25) is 11.8 Å². The summed E-state index contributed by atoms with van der Waals surface area (Å²) in [6.07, 6.45) is 0.297. The Morgan fingerprint density at radius 2 is 1.61 bits per heavy atom. The second-order valence-corrected chi connectivity index (χ2v) is 11.7. The van der Waals surface area contributed by atoms with Crippen LogP contribution in [0.4, 0.5) is 5.69 Å². The monoisotopic (exact) mass is 595 g/mol. The highest BCUT2D eigenvalue weighted by atomic mass is 35.5. The molecule has 0 bridgehead atoms. The van der Waals surface area contributed by atoms with E-state index in [0.29, 0.717) is 32.7 Å². The molecule has 1 atom stereocenters. The van der Waals surface area contributed by atoms with Crippen molar-refractivity contribution in [3.63, 3.8) is 0 Å². The fourth-order valence-corrected chi connectivity index (χ4v) is 5.97. The molecule has 0 spiro atoms. The molecule has 2 amide bonds. The van der Waals surface area contributed by atoms with Crippen LogP contribution < -0.4 is 9.62 Å². The van der Waals surface area contributed by atoms with E-state index in [1.807, 2.05) is 13.0 Å². The average Bonchev–Trinajstić information content (AvgIpc) is 2.88. The number of carbonyl (C=O) groups is 2. The van der Waals surface area contributed by atoms with Crippen LogP contribution in [-0.2, 0) is 26.2 Å². The van der Waals surface area contributed by atoms with Gasteiger partial charge in [-0.2, -0.15) is 0 Å². The van der Waals surface area contributed by atoms with Gasteiger partial charge in [-0.15, -0.1) is 0 Å². The lowest BCUT2D eigenvalue weighted by Gasteiger charge is -2.33. The summed E-state index contributed by atoms with van der Waals surface area (Å²) in [5, 5.41) is 3.71. The van der Waals surface area contributed by atoms with Crippen LogP contribution >= 0.6 is 34.8 Å². The molecule has 0 unspecified atom stereocenters. The number of nitrogens with zero attached hydrogens (tertiary/aromatic N) is 2. The Morgan fingerprint density at radius 3 is 2.18 bits per heavy atom. The van der Waals surface area contributed by atoms with Gasteiger partial charge in [0.05, 0.1) is 10.6 Å². The van der Waals surface area contributed by atoms with E-state index in [9.17, 15) is 18.0 Å². The Hall–Kier alpha value is -2.78. The average molecular weight is 597 g/mol. The summed E-state index contributed by atoms with van der Waals surface area (Å²) in [6.45, 7) is 3.02. The molecular weight excluding hydrogens is 569 g/mol. The molecular formula is C27H28Cl3N3O4S. The number of halogens is 3. The quantitative estimate of drug-likeness (QED) is 0.325. The summed E-state index contributed by atoms with van der Waals surface area (Å²) in [6, 6.07) is 16.5. The summed E-state index contributed by atoms with van der Waals surface area (Å²) in [4.78, 5) is 28.0. The normalized spacial score (nSPS) is 12.1. The third-order valence-electron chi connectivity index (χ3n) is 5.96. The molecule has 38 heavy (non-hydrogen) atoms. The molecule has 0 fully saturated rings. The molecule has 3 rings (SSSR count). The highest BCUT2D eigenvalue weighted by Gasteiger charge is 2.33. The van der Waals surface area contributed by atoms with Gasteiger partial charge in [0.1, 0.15) is 12.6 Å². The lowest BCUT2D eigenvalue weighted by molar-refractivity contribution is -0.140. The molecule has 3 aromatic carbocycles. The van der Waals surface area contributed by atoms with Gasteiger partial charge in [-0.3, -0.25) is 13.9 Å². The van der Waals surface area contributed by atoms with Gasteiger partial charge in [-0.05, 0) is 73.0 Å². The first-order valence-corrected chi connectivity index (χ1v) is 14.3. The van der Waals surface area contributed by atoms with E-state index >= 15 is 0 Å². The van der Waals surface area contributed by atoms with Crippen molar-refractivity contribution in [1.82, 2.24) is 10.2 Å². The molecule has 0 saturated carbocycles. The highest BCUT2D eigenvalue weighted by molar-refractivity contribution is 7.92. The van der Waals surface area contributed by atoms with Crippen molar-refractivity contribution in [2.24, 2.45) is 0 Å². The van der Waals surface area contributed by atoms with Crippen LogP contribution in [0.5, 0.6) is 0 Å². The van der Waals surface area contributed by atoms with E-state index in [1.165, 1.54) is 36.2 Å². The van der Waals surface area contributed by atoms with Gasteiger partial charge in [0.25, 0.3) is 10.0 Å². The van der Waals surface area contributed by atoms with Crippen LogP contribution in [0.1, 0.15) is 24.5 Å². The second-order valence-electron chi connectivity index (χ2n) is 8.60. The minimum atomic E-state index is -4.18. The number of hydrogen-bond donors (Lipinski definition) is 1. The minimum Gasteiger partial charge on any atom is -0.357 e. The summed E-state index contributed by atoms with van der Waals surface area (Å²) in [7, 11) is -2.70. The molecule has 0 saturated heterocycles. The van der Waals surface area contributed by atoms with Gasteiger partial charge in [0.15, 0.2) is 0 Å². The van der Waals surface area contributed by atoms with Crippen molar-refractivity contribution in [2.45, 2.75) is 37.8 Å². The van der Waals surface area contributed by atoms with Crippen LogP contribution in [0.25, 0.3) is 0 Å². The van der Waals surface area contributed by atoms with E-state index in [0.717, 1.165) is 9.87 Å². The van der Waals surface area contributed by atoms with Gasteiger partial charge in [0, 0.05) is 28.7 Å². The Labute approximate surface area is 238 Å². The molecule has 3 aromatic rings. The highest BCUT2D eigenvalue weighted by Crippen LogP contribution is 2.28. The number of anilines is 1. The number of rotatable bonds is 10. The lowest BCUT2D eigenvalue weighted by Crippen LogP contribution is -2.51. The van der Waals surface area contributed by atoms with Crippen molar-refractivity contribution >= 4 is 62.3 Å². The van der Waals surface area contributed by atoms with E-state index in [2.05, 4.69) is 5.32 Å². The van der Waals surface area contributed by atoms with Crippen LogP contribution in [0, 0.1) is 6.92 Å². The molecule has 0 radical (unpaired) electrons. The molecule has 1 N–H and O–H groups in total. The standard InChI is InChI=1S/C27H28Cl3N3O4S/c1-4-25(27(35)31-3)32(16-19-8-9-21(29)15-24(19)30)26(34)17-33(22-7-5-6-18(2)14-22)38(36,37)23-12-10-20(28)11-13-23/h5-15,25H,4,16-17H2,1-3H3,(H,31,35)/t25-/m0/s1. The van der Waals surface area contributed by atoms with E-state index in [-0.39, 0.29) is 17.3 Å². The number of carbonyl (C=O) groups excluding carboxylic acids is 2. The van der Waals surface area contributed by atoms with E-state index in [1.54, 1.807) is 43.3 Å². The zero-order valence-electron chi connectivity index (χ0n) is 21.1. The number of sulfonamides is 1. The maximum Gasteiger partial charge on any atom is 0.264 e. The topological polar surface area (TPSA) is 86.8 Å². The minimum absolute atomic E-state index is 0.0244. The number of amides is 2. The number of hydrogen-bond acceptors (Lipinski definition) is 4. The van der Waals surface area contributed by atoms with Crippen LogP contribution in [0.3, 0.4) is 0 Å².